The van der Waals surface area contributed by atoms with Crippen molar-refractivity contribution in [3.63, 3.8) is 0 Å². The molecule has 0 aliphatic rings. The van der Waals surface area contributed by atoms with Crippen LogP contribution in [0.4, 0.5) is 0 Å². The lowest BCUT2D eigenvalue weighted by atomic mass is 10.0. The molecular weight excluding hydrogens is 194 g/mol. The zero-order valence-corrected chi connectivity index (χ0v) is 10.9. The molecule has 0 saturated carbocycles. The third-order valence-electron chi connectivity index (χ3n) is 2.99. The molecule has 16 heavy (non-hydrogen) atoms. The maximum Gasteiger partial charge on any atom is 0.00700 e. The highest BCUT2D eigenvalue weighted by Gasteiger charge is 2.05. The van der Waals surface area contributed by atoms with Crippen LogP contribution in [-0.4, -0.2) is 12.6 Å². The average molecular weight is 219 g/mol. The number of hydrogen-bond donors (Lipinski definition) is 1. The lowest BCUT2D eigenvalue weighted by Crippen LogP contribution is -2.29. The Bertz CT molecular complexity index is 287. The van der Waals surface area contributed by atoms with Crippen molar-refractivity contribution < 1.29 is 0 Å². The Labute approximate surface area is 100 Å². The molecule has 1 heteroatoms. The Morgan fingerprint density at radius 1 is 1.19 bits per heavy atom. The molecule has 1 rings (SSSR count). The predicted octanol–water partition coefficient (Wildman–Crippen LogP) is 3.71. The van der Waals surface area contributed by atoms with Gasteiger partial charge in [-0.2, -0.15) is 0 Å². The maximum atomic E-state index is 3.57. The fourth-order valence-corrected chi connectivity index (χ4v) is 2.19. The molecular formula is C15H25N. The zero-order valence-electron chi connectivity index (χ0n) is 10.9. The predicted molar refractivity (Wildman–Crippen MR) is 71.9 cm³/mol. The minimum Gasteiger partial charge on any atom is -0.314 e. The highest BCUT2D eigenvalue weighted by Crippen LogP contribution is 2.10. The van der Waals surface area contributed by atoms with E-state index in [1.54, 1.807) is 0 Å². The van der Waals surface area contributed by atoms with Gasteiger partial charge in [-0.3, -0.25) is 0 Å². The first-order valence-electron chi connectivity index (χ1n) is 6.55. The van der Waals surface area contributed by atoms with Crippen LogP contribution in [0.2, 0.25) is 0 Å². The van der Waals surface area contributed by atoms with Crippen LogP contribution in [0.3, 0.4) is 0 Å². The fraction of sp³-hybridized carbons (Fsp3) is 0.600. The highest BCUT2D eigenvalue weighted by atomic mass is 14.9. The van der Waals surface area contributed by atoms with Crippen molar-refractivity contribution in [2.24, 2.45) is 0 Å². The summed E-state index contributed by atoms with van der Waals surface area (Å²) < 4.78 is 0. The molecule has 0 radical (unpaired) electrons. The number of aryl methyl sites for hydroxylation is 2. The summed E-state index contributed by atoms with van der Waals surface area (Å²) in [6.07, 6.45) is 5.01. The monoisotopic (exact) mass is 219 g/mol. The van der Waals surface area contributed by atoms with Gasteiger partial charge in [0.05, 0.1) is 0 Å². The maximum absolute atomic E-state index is 3.57. The Kier molecular flexibility index (Phi) is 6.17. The van der Waals surface area contributed by atoms with E-state index in [0.717, 1.165) is 6.54 Å². The van der Waals surface area contributed by atoms with Gasteiger partial charge in [-0.1, -0.05) is 50.1 Å². The van der Waals surface area contributed by atoms with Crippen molar-refractivity contribution in [1.29, 1.82) is 0 Å². The molecule has 0 aromatic heterocycles. The SMILES string of the molecule is CCCC(CCc1cccc(C)c1)NCC. The van der Waals surface area contributed by atoms with Crippen LogP contribution in [0.15, 0.2) is 24.3 Å². The third-order valence-corrected chi connectivity index (χ3v) is 2.99. The number of rotatable bonds is 7. The molecule has 0 saturated heterocycles. The van der Waals surface area contributed by atoms with Crippen molar-refractivity contribution in [3.05, 3.63) is 35.4 Å². The highest BCUT2D eigenvalue weighted by molar-refractivity contribution is 5.22. The van der Waals surface area contributed by atoms with Gasteiger partial charge in [0.25, 0.3) is 0 Å². The van der Waals surface area contributed by atoms with E-state index < -0.39 is 0 Å². The molecule has 1 atom stereocenters. The van der Waals surface area contributed by atoms with E-state index in [1.165, 1.54) is 36.8 Å². The molecule has 90 valence electrons. The average Bonchev–Trinajstić information content (AvgIpc) is 2.27. The Hall–Kier alpha value is -0.820. The zero-order chi connectivity index (χ0) is 11.8. The summed E-state index contributed by atoms with van der Waals surface area (Å²) in [6.45, 7) is 7.70. The Morgan fingerprint density at radius 2 is 2.00 bits per heavy atom. The van der Waals surface area contributed by atoms with Crippen LogP contribution in [0, 0.1) is 6.92 Å². The lowest BCUT2D eigenvalue weighted by molar-refractivity contribution is 0.459. The third kappa shape index (κ3) is 4.80. The number of hydrogen-bond acceptors (Lipinski definition) is 1. The molecule has 0 fully saturated rings. The summed E-state index contributed by atoms with van der Waals surface area (Å²) in [7, 11) is 0. The van der Waals surface area contributed by atoms with Gasteiger partial charge >= 0.3 is 0 Å². The number of nitrogens with one attached hydrogen (secondary N) is 1. The van der Waals surface area contributed by atoms with Gasteiger partial charge in [0.15, 0.2) is 0 Å². The molecule has 0 amide bonds. The van der Waals surface area contributed by atoms with Gasteiger partial charge in [-0.15, -0.1) is 0 Å². The summed E-state index contributed by atoms with van der Waals surface area (Å²) in [6, 6.07) is 9.55. The van der Waals surface area contributed by atoms with E-state index in [9.17, 15) is 0 Å². The standard InChI is InChI=1S/C15H25N/c1-4-7-15(16-5-2)11-10-14-9-6-8-13(3)12-14/h6,8-9,12,15-16H,4-5,7,10-11H2,1-3H3. The van der Waals surface area contributed by atoms with E-state index in [2.05, 4.69) is 50.4 Å². The minimum atomic E-state index is 0.690. The first kappa shape index (κ1) is 13.2. The van der Waals surface area contributed by atoms with Crippen LogP contribution in [0.5, 0.6) is 0 Å². The summed E-state index contributed by atoms with van der Waals surface area (Å²) in [5.41, 5.74) is 2.84. The quantitative estimate of drug-likeness (QED) is 0.737. The topological polar surface area (TPSA) is 12.0 Å². The van der Waals surface area contributed by atoms with E-state index in [0.29, 0.717) is 6.04 Å². The molecule has 1 N–H and O–H groups in total. The molecule has 0 spiro atoms. The van der Waals surface area contributed by atoms with E-state index in [1.807, 2.05) is 0 Å². The summed E-state index contributed by atoms with van der Waals surface area (Å²) in [5.74, 6) is 0. The van der Waals surface area contributed by atoms with Crippen molar-refractivity contribution in [1.82, 2.24) is 5.32 Å². The van der Waals surface area contributed by atoms with E-state index >= 15 is 0 Å². The second-order valence-corrected chi connectivity index (χ2v) is 4.57. The number of benzene rings is 1. The van der Waals surface area contributed by atoms with Crippen molar-refractivity contribution in [3.8, 4) is 0 Å². The first-order valence-corrected chi connectivity index (χ1v) is 6.55. The Balaban J connectivity index is 2.41. The normalized spacial score (nSPS) is 12.7. The minimum absolute atomic E-state index is 0.690. The smallest absolute Gasteiger partial charge is 0.00700 e. The molecule has 1 nitrogen and oxygen atoms in total. The van der Waals surface area contributed by atoms with Gasteiger partial charge < -0.3 is 5.32 Å². The molecule has 1 unspecified atom stereocenters. The van der Waals surface area contributed by atoms with Gasteiger partial charge in [0.2, 0.25) is 0 Å². The fourth-order valence-electron chi connectivity index (χ4n) is 2.19. The van der Waals surface area contributed by atoms with Crippen LogP contribution in [0.25, 0.3) is 0 Å². The summed E-state index contributed by atoms with van der Waals surface area (Å²) >= 11 is 0. The molecule has 0 aliphatic heterocycles. The largest absolute Gasteiger partial charge is 0.314 e. The summed E-state index contributed by atoms with van der Waals surface area (Å²) in [4.78, 5) is 0. The molecule has 1 aromatic carbocycles. The van der Waals surface area contributed by atoms with E-state index in [4.69, 9.17) is 0 Å². The van der Waals surface area contributed by atoms with Gasteiger partial charge in [-0.05, 0) is 38.3 Å². The second-order valence-electron chi connectivity index (χ2n) is 4.57. The van der Waals surface area contributed by atoms with Crippen molar-refractivity contribution >= 4 is 0 Å². The van der Waals surface area contributed by atoms with Crippen LogP contribution in [-0.2, 0) is 6.42 Å². The summed E-state index contributed by atoms with van der Waals surface area (Å²) in [5, 5.41) is 3.57. The van der Waals surface area contributed by atoms with Gasteiger partial charge in [-0.25, -0.2) is 0 Å². The molecule has 1 aromatic rings. The van der Waals surface area contributed by atoms with Crippen LogP contribution >= 0.6 is 0 Å². The second kappa shape index (κ2) is 7.45. The lowest BCUT2D eigenvalue weighted by Gasteiger charge is -2.17. The van der Waals surface area contributed by atoms with Crippen molar-refractivity contribution in [2.45, 2.75) is 52.5 Å². The van der Waals surface area contributed by atoms with E-state index in [-0.39, 0.29) is 0 Å². The Morgan fingerprint density at radius 3 is 2.62 bits per heavy atom. The van der Waals surface area contributed by atoms with Crippen LogP contribution < -0.4 is 5.32 Å². The molecule has 0 heterocycles. The molecule has 0 bridgehead atoms. The van der Waals surface area contributed by atoms with Crippen LogP contribution in [0.1, 0.15) is 44.2 Å². The van der Waals surface area contributed by atoms with Gasteiger partial charge in [0.1, 0.15) is 0 Å². The van der Waals surface area contributed by atoms with Gasteiger partial charge in [0, 0.05) is 6.04 Å². The molecule has 0 aliphatic carbocycles. The first-order chi connectivity index (χ1) is 7.76. The van der Waals surface area contributed by atoms with Crippen molar-refractivity contribution in [2.75, 3.05) is 6.54 Å².